The number of carbonyl (C=O) groups excluding carboxylic acids is 3. The van der Waals surface area contributed by atoms with Crippen LogP contribution in [0.1, 0.15) is 117 Å². The Kier molecular flexibility index (Phi) is 13.0. The van der Waals surface area contributed by atoms with Gasteiger partial charge in [-0.25, -0.2) is 14.1 Å². The number of imide groups is 1. The van der Waals surface area contributed by atoms with Crippen LogP contribution in [0.3, 0.4) is 0 Å². The van der Waals surface area contributed by atoms with Crippen molar-refractivity contribution in [1.82, 2.24) is 14.8 Å². The molecule has 10 heteroatoms. The van der Waals surface area contributed by atoms with Crippen LogP contribution in [0.15, 0.2) is 54.1 Å². The summed E-state index contributed by atoms with van der Waals surface area (Å²) in [5, 5.41) is 14.4. The smallest absolute Gasteiger partial charge is 0.422 e. The first-order valence-corrected chi connectivity index (χ1v) is 19.2. The minimum Gasteiger partial charge on any atom is -0.507 e. The molecule has 0 bridgehead atoms. The first-order chi connectivity index (χ1) is 25.8. The van der Waals surface area contributed by atoms with Crippen LogP contribution < -0.4 is 10.1 Å². The summed E-state index contributed by atoms with van der Waals surface area (Å²) in [5.41, 5.74) is 6.54. The summed E-state index contributed by atoms with van der Waals surface area (Å²) < 4.78 is 20.5. The zero-order chi connectivity index (χ0) is 39.3. The van der Waals surface area contributed by atoms with E-state index in [-0.39, 0.29) is 46.9 Å². The Balaban J connectivity index is 1.56. The van der Waals surface area contributed by atoms with E-state index in [2.05, 4.69) is 41.7 Å². The fourth-order valence-corrected chi connectivity index (χ4v) is 7.74. The number of ether oxygens (including phenoxy) is 1. The van der Waals surface area contributed by atoms with Gasteiger partial charge in [0, 0.05) is 47.2 Å². The molecule has 54 heavy (non-hydrogen) atoms. The van der Waals surface area contributed by atoms with Crippen LogP contribution in [-0.4, -0.2) is 64.0 Å². The molecule has 2 heterocycles. The Labute approximate surface area is 319 Å². The van der Waals surface area contributed by atoms with Crippen LogP contribution in [0.25, 0.3) is 11.6 Å². The van der Waals surface area contributed by atoms with Crippen LogP contribution in [0.5, 0.6) is 11.5 Å². The third-order valence-electron chi connectivity index (χ3n) is 10.9. The van der Waals surface area contributed by atoms with Gasteiger partial charge >= 0.3 is 6.09 Å². The zero-order valence-electron chi connectivity index (χ0n) is 32.8. The summed E-state index contributed by atoms with van der Waals surface area (Å²) >= 11 is 0. The molecule has 2 aliphatic rings. The highest BCUT2D eigenvalue weighted by Crippen LogP contribution is 2.47. The fourth-order valence-electron chi connectivity index (χ4n) is 7.74. The van der Waals surface area contributed by atoms with E-state index >= 15 is 0 Å². The lowest BCUT2D eigenvalue weighted by atomic mass is 9.73. The third kappa shape index (κ3) is 8.70. The second-order valence-electron chi connectivity index (χ2n) is 14.7. The van der Waals surface area contributed by atoms with Crippen LogP contribution in [0.4, 0.5) is 14.9 Å². The van der Waals surface area contributed by atoms with Gasteiger partial charge < -0.3 is 25.0 Å². The molecule has 3 aromatic rings. The molecule has 0 saturated carbocycles. The maximum absolute atomic E-state index is 14.6. The number of aromatic hydroxyl groups is 1. The Morgan fingerprint density at radius 2 is 1.81 bits per heavy atom. The molecule has 1 aliphatic carbocycles. The Morgan fingerprint density at radius 1 is 1.07 bits per heavy atom. The van der Waals surface area contributed by atoms with Crippen molar-refractivity contribution in [3.05, 3.63) is 99.2 Å². The average Bonchev–Trinajstić information content (AvgIpc) is 3.58. The number of halogens is 1. The molecule has 0 saturated heterocycles. The van der Waals surface area contributed by atoms with E-state index in [0.29, 0.717) is 46.7 Å². The van der Waals surface area contributed by atoms with Crippen molar-refractivity contribution >= 4 is 35.2 Å². The number of nitrogens with zero attached hydrogens (tertiary/aromatic N) is 2. The van der Waals surface area contributed by atoms with Gasteiger partial charge in [0.15, 0.2) is 0 Å². The number of unbranched alkanes of at least 4 members (excludes halogenated alkanes) is 2. The number of nitrogens with one attached hydrogen (secondary N) is 2. The number of aromatic nitrogens is 1. The molecular formula is C44H55FN4O5. The predicted octanol–water partition coefficient (Wildman–Crippen LogP) is 9.70. The summed E-state index contributed by atoms with van der Waals surface area (Å²) in [6.07, 6.45) is 8.35. The number of aryl methyl sites for hydroxylation is 2. The monoisotopic (exact) mass is 738 g/mol. The van der Waals surface area contributed by atoms with E-state index in [1.54, 1.807) is 26.0 Å². The Bertz CT molecular complexity index is 1990. The van der Waals surface area contributed by atoms with Gasteiger partial charge in [0.25, 0.3) is 11.8 Å². The molecule has 5 rings (SSSR count). The summed E-state index contributed by atoms with van der Waals surface area (Å²) in [4.78, 5) is 48.5. The van der Waals surface area contributed by atoms with E-state index in [0.717, 1.165) is 61.2 Å². The molecule has 2 aromatic carbocycles. The molecule has 1 aliphatic heterocycles. The lowest BCUT2D eigenvalue weighted by Crippen LogP contribution is -2.44. The van der Waals surface area contributed by atoms with Gasteiger partial charge in [-0.05, 0) is 120 Å². The van der Waals surface area contributed by atoms with E-state index in [1.807, 2.05) is 26.8 Å². The highest BCUT2D eigenvalue weighted by atomic mass is 19.1. The van der Waals surface area contributed by atoms with Crippen LogP contribution in [0.2, 0.25) is 0 Å². The number of aromatic amines is 1. The number of carbonyl (C=O) groups is 3. The number of H-pyrrole nitrogens is 1. The highest BCUT2D eigenvalue weighted by molar-refractivity contribution is 6.35. The number of anilines is 1. The second-order valence-corrected chi connectivity index (χ2v) is 14.7. The maximum Gasteiger partial charge on any atom is 0.422 e. The molecular weight excluding hydrogens is 684 g/mol. The normalized spacial score (nSPS) is 17.4. The minimum atomic E-state index is -0.846. The number of fused-ring (bicyclic) bond motifs is 1. The summed E-state index contributed by atoms with van der Waals surface area (Å²) in [7, 11) is 0. The number of amides is 3. The largest absolute Gasteiger partial charge is 0.507 e. The summed E-state index contributed by atoms with van der Waals surface area (Å²) in [6.45, 7) is 19.9. The fraction of sp³-hybridized carbons (Fsp3) is 0.432. The number of rotatable bonds is 14. The van der Waals surface area contributed by atoms with E-state index < -0.39 is 17.8 Å². The highest BCUT2D eigenvalue weighted by Gasteiger charge is 2.34. The molecule has 0 radical (unpaired) electrons. The SMILES string of the molecule is C=C(C)C1CCC(C)=CC1c1c(O)cc(CCCCC)cc1OC(=O)N(CCN(CC)CC)C(=O)c1c(C)[nH]c(/C=C2\C(=O)Nc3ccc(F)cc32)c1C. The quantitative estimate of drug-likeness (QED) is 0.0862. The van der Waals surface area contributed by atoms with Crippen molar-refractivity contribution in [2.24, 2.45) is 5.92 Å². The number of phenols is 1. The number of hydrogen-bond acceptors (Lipinski definition) is 6. The number of likely N-dealkylation sites (N-methyl/N-ethyl adjacent to an activating group) is 1. The summed E-state index contributed by atoms with van der Waals surface area (Å²) in [6, 6.07) is 7.72. The van der Waals surface area contributed by atoms with Gasteiger partial charge in [0.05, 0.1) is 11.1 Å². The Morgan fingerprint density at radius 3 is 2.50 bits per heavy atom. The average molecular weight is 739 g/mol. The van der Waals surface area contributed by atoms with Gasteiger partial charge in [-0.3, -0.25) is 9.59 Å². The van der Waals surface area contributed by atoms with Gasteiger partial charge in [0.2, 0.25) is 0 Å². The van der Waals surface area contributed by atoms with Crippen molar-refractivity contribution in [1.29, 1.82) is 0 Å². The minimum absolute atomic E-state index is 0.0338. The first-order valence-electron chi connectivity index (χ1n) is 19.2. The molecule has 0 spiro atoms. The topological polar surface area (TPSA) is 115 Å². The van der Waals surface area contributed by atoms with Gasteiger partial charge in [0.1, 0.15) is 17.3 Å². The standard InChI is InChI=1S/C44H55FN4O5/c1-9-12-13-14-30-22-38(50)41(34-21-27(6)15-17-32(34)26(4)5)39(23-30)54-44(53)49(20-19-48(10-2)11-3)43(52)40-28(7)37(46-29(40)8)25-35-33-24-31(45)16-18-36(33)47-42(35)51/h16,18,21-25,32,34,46,50H,4,9-15,17,19-20H2,1-3,5-8H3,(H,47,51)/b35-25-. The first kappa shape index (κ1) is 40.2. The van der Waals surface area contributed by atoms with Crippen LogP contribution in [-0.2, 0) is 11.2 Å². The Hall–Kier alpha value is -4.96. The molecule has 2 unspecified atom stereocenters. The number of allylic oxidation sites excluding steroid dienone is 3. The van der Waals surface area contributed by atoms with Crippen molar-refractivity contribution in [3.63, 3.8) is 0 Å². The number of phenolic OH excluding ortho intramolecular Hbond substituents is 1. The van der Waals surface area contributed by atoms with Gasteiger partial charge in [-0.15, -0.1) is 0 Å². The molecule has 0 fully saturated rings. The van der Waals surface area contributed by atoms with Crippen LogP contribution in [0, 0.1) is 25.6 Å². The molecule has 3 amide bonds. The molecule has 9 nitrogen and oxygen atoms in total. The van der Waals surface area contributed by atoms with Crippen molar-refractivity contribution < 1.29 is 28.6 Å². The molecule has 288 valence electrons. The van der Waals surface area contributed by atoms with E-state index in [1.165, 1.54) is 23.8 Å². The van der Waals surface area contributed by atoms with Gasteiger partial charge in [-0.1, -0.05) is 57.4 Å². The van der Waals surface area contributed by atoms with Gasteiger partial charge in [-0.2, -0.15) is 0 Å². The lowest BCUT2D eigenvalue weighted by molar-refractivity contribution is -0.110. The third-order valence-corrected chi connectivity index (χ3v) is 10.9. The second kappa shape index (κ2) is 17.5. The van der Waals surface area contributed by atoms with Crippen molar-refractivity contribution in [3.8, 4) is 11.5 Å². The van der Waals surface area contributed by atoms with Crippen LogP contribution >= 0.6 is 0 Å². The van der Waals surface area contributed by atoms with Crippen molar-refractivity contribution in [2.75, 3.05) is 31.5 Å². The zero-order valence-corrected chi connectivity index (χ0v) is 32.8. The number of benzene rings is 2. The van der Waals surface area contributed by atoms with E-state index in [4.69, 9.17) is 4.74 Å². The lowest BCUT2D eigenvalue weighted by Gasteiger charge is -2.32. The molecule has 2 atom stereocenters. The van der Waals surface area contributed by atoms with Crippen molar-refractivity contribution in [2.45, 2.75) is 92.9 Å². The number of hydrogen-bond donors (Lipinski definition) is 3. The molecule has 1 aromatic heterocycles. The maximum atomic E-state index is 14.6. The van der Waals surface area contributed by atoms with E-state index in [9.17, 15) is 23.9 Å². The summed E-state index contributed by atoms with van der Waals surface area (Å²) in [5.74, 6) is -1.34. The predicted molar refractivity (Wildman–Crippen MR) is 213 cm³/mol. The molecule has 3 N–H and O–H groups in total.